The molecular formula is C14H13BrFNO3S. The summed E-state index contributed by atoms with van der Waals surface area (Å²) in [6.07, 6.45) is 0. The van der Waals surface area contributed by atoms with Crippen molar-refractivity contribution in [1.29, 1.82) is 0 Å². The molecule has 2 N–H and O–H groups in total. The highest BCUT2D eigenvalue weighted by Crippen LogP contribution is 2.22. The minimum atomic E-state index is -3.84. The van der Waals surface area contributed by atoms with E-state index in [9.17, 15) is 12.8 Å². The van der Waals surface area contributed by atoms with Crippen LogP contribution in [0.15, 0.2) is 45.8 Å². The molecule has 0 saturated carbocycles. The molecule has 2 aromatic carbocycles. The molecule has 0 bridgehead atoms. The van der Waals surface area contributed by atoms with Gasteiger partial charge in [-0.1, -0.05) is 15.9 Å². The van der Waals surface area contributed by atoms with Crippen molar-refractivity contribution >= 4 is 31.6 Å². The van der Waals surface area contributed by atoms with Gasteiger partial charge in [-0.2, -0.15) is 0 Å². The van der Waals surface area contributed by atoms with Gasteiger partial charge in [0.1, 0.15) is 5.82 Å². The van der Waals surface area contributed by atoms with E-state index in [0.717, 1.165) is 10.5 Å². The van der Waals surface area contributed by atoms with Crippen molar-refractivity contribution in [2.24, 2.45) is 0 Å². The second kappa shape index (κ2) is 6.13. The Morgan fingerprint density at radius 1 is 1.24 bits per heavy atom. The van der Waals surface area contributed by atoms with Crippen LogP contribution in [0.4, 0.5) is 10.1 Å². The lowest BCUT2D eigenvalue weighted by Crippen LogP contribution is -2.14. The van der Waals surface area contributed by atoms with E-state index in [1.165, 1.54) is 13.0 Å². The molecule has 0 unspecified atom stereocenters. The van der Waals surface area contributed by atoms with Crippen LogP contribution in [0.25, 0.3) is 0 Å². The second-order valence-electron chi connectivity index (χ2n) is 4.48. The number of halogens is 2. The fourth-order valence-electron chi connectivity index (χ4n) is 1.81. The van der Waals surface area contributed by atoms with Crippen LogP contribution in [0.2, 0.25) is 0 Å². The minimum absolute atomic E-state index is 0.0498. The Labute approximate surface area is 130 Å². The van der Waals surface area contributed by atoms with E-state index in [4.69, 9.17) is 5.11 Å². The molecule has 4 nitrogen and oxygen atoms in total. The maximum atomic E-state index is 13.7. The van der Waals surface area contributed by atoms with Gasteiger partial charge in [0, 0.05) is 15.7 Å². The standard InChI is InChI=1S/C14H13BrFNO3S/c1-9-6-13(7-10(8-18)14(9)16)21(19,20)17-12-4-2-11(15)3-5-12/h2-7,17-18H,8H2,1H3. The Kier molecular flexibility index (Phi) is 4.65. The highest BCUT2D eigenvalue weighted by atomic mass is 79.9. The maximum Gasteiger partial charge on any atom is 0.261 e. The van der Waals surface area contributed by atoms with Crippen molar-refractivity contribution in [3.63, 3.8) is 0 Å². The van der Waals surface area contributed by atoms with Gasteiger partial charge in [0.05, 0.1) is 11.5 Å². The summed E-state index contributed by atoms with van der Waals surface area (Å²) < 4.78 is 41.5. The van der Waals surface area contributed by atoms with Crippen LogP contribution in [0.1, 0.15) is 11.1 Å². The van der Waals surface area contributed by atoms with Crippen molar-refractivity contribution in [3.8, 4) is 0 Å². The molecule has 0 radical (unpaired) electrons. The monoisotopic (exact) mass is 373 g/mol. The summed E-state index contributed by atoms with van der Waals surface area (Å²) in [4.78, 5) is -0.0895. The van der Waals surface area contributed by atoms with Crippen LogP contribution in [0, 0.1) is 12.7 Å². The van der Waals surface area contributed by atoms with E-state index >= 15 is 0 Å². The summed E-state index contributed by atoms with van der Waals surface area (Å²) in [5, 5.41) is 9.09. The zero-order valence-corrected chi connectivity index (χ0v) is 13.5. The third kappa shape index (κ3) is 3.61. The van der Waals surface area contributed by atoms with E-state index in [1.54, 1.807) is 24.3 Å². The molecule has 0 aliphatic carbocycles. The van der Waals surface area contributed by atoms with Crippen LogP contribution in [0.5, 0.6) is 0 Å². The molecule has 0 aliphatic heterocycles. The normalized spacial score (nSPS) is 11.4. The van der Waals surface area contributed by atoms with Gasteiger partial charge in [0.15, 0.2) is 0 Å². The third-order valence-corrected chi connectivity index (χ3v) is 4.77. The Hall–Kier alpha value is -1.44. The lowest BCUT2D eigenvalue weighted by molar-refractivity contribution is 0.275. The molecule has 0 spiro atoms. The molecule has 0 amide bonds. The first-order chi connectivity index (χ1) is 9.83. The van der Waals surface area contributed by atoms with Crippen molar-refractivity contribution in [1.82, 2.24) is 0 Å². The first-order valence-electron chi connectivity index (χ1n) is 6.02. The zero-order valence-electron chi connectivity index (χ0n) is 11.1. The van der Waals surface area contributed by atoms with E-state index < -0.39 is 22.4 Å². The Balaban J connectivity index is 2.40. The predicted molar refractivity (Wildman–Crippen MR) is 82.0 cm³/mol. The van der Waals surface area contributed by atoms with Gasteiger partial charge >= 0.3 is 0 Å². The van der Waals surface area contributed by atoms with Crippen LogP contribution in [0.3, 0.4) is 0 Å². The van der Waals surface area contributed by atoms with Crippen molar-refractivity contribution in [2.45, 2.75) is 18.4 Å². The molecular weight excluding hydrogens is 361 g/mol. The van der Waals surface area contributed by atoms with Gasteiger partial charge < -0.3 is 5.11 Å². The van der Waals surface area contributed by atoms with Crippen LogP contribution < -0.4 is 4.72 Å². The van der Waals surface area contributed by atoms with E-state index in [2.05, 4.69) is 20.7 Å². The van der Waals surface area contributed by atoms with Gasteiger partial charge in [0.2, 0.25) is 0 Å². The van der Waals surface area contributed by atoms with Crippen LogP contribution in [-0.2, 0) is 16.6 Å². The van der Waals surface area contributed by atoms with Crippen molar-refractivity contribution in [2.75, 3.05) is 4.72 Å². The Bertz CT molecular complexity index is 761. The maximum absolute atomic E-state index is 13.7. The molecule has 112 valence electrons. The number of aliphatic hydroxyl groups is 1. The zero-order chi connectivity index (χ0) is 15.6. The molecule has 0 aromatic heterocycles. The summed E-state index contributed by atoms with van der Waals surface area (Å²) in [7, 11) is -3.84. The fourth-order valence-corrected chi connectivity index (χ4v) is 3.27. The number of hydrogen-bond donors (Lipinski definition) is 2. The lowest BCUT2D eigenvalue weighted by Gasteiger charge is -2.11. The second-order valence-corrected chi connectivity index (χ2v) is 7.08. The number of hydrogen-bond acceptors (Lipinski definition) is 3. The largest absolute Gasteiger partial charge is 0.392 e. The number of nitrogens with one attached hydrogen (secondary N) is 1. The first-order valence-corrected chi connectivity index (χ1v) is 8.29. The van der Waals surface area contributed by atoms with Crippen molar-refractivity contribution < 1.29 is 17.9 Å². The summed E-state index contributed by atoms with van der Waals surface area (Å²) in [5.74, 6) is -0.597. The van der Waals surface area contributed by atoms with Gasteiger partial charge in [-0.05, 0) is 48.9 Å². The predicted octanol–water partition coefficient (Wildman–Crippen LogP) is 3.19. The summed E-state index contributed by atoms with van der Waals surface area (Å²) in [6, 6.07) is 8.97. The smallest absolute Gasteiger partial charge is 0.261 e. The minimum Gasteiger partial charge on any atom is -0.392 e. The van der Waals surface area contributed by atoms with E-state index in [-0.39, 0.29) is 16.0 Å². The highest BCUT2D eigenvalue weighted by molar-refractivity contribution is 9.10. The molecule has 7 heteroatoms. The average Bonchev–Trinajstić information content (AvgIpc) is 2.44. The lowest BCUT2D eigenvalue weighted by atomic mass is 10.1. The number of anilines is 1. The molecule has 0 atom stereocenters. The number of benzene rings is 2. The number of rotatable bonds is 4. The van der Waals surface area contributed by atoms with Crippen LogP contribution >= 0.6 is 15.9 Å². The Morgan fingerprint density at radius 2 is 1.86 bits per heavy atom. The van der Waals surface area contributed by atoms with Gasteiger partial charge in [-0.25, -0.2) is 12.8 Å². The Morgan fingerprint density at radius 3 is 2.43 bits per heavy atom. The number of sulfonamides is 1. The fraction of sp³-hybridized carbons (Fsp3) is 0.143. The average molecular weight is 374 g/mol. The molecule has 21 heavy (non-hydrogen) atoms. The molecule has 2 aromatic rings. The quantitative estimate of drug-likeness (QED) is 0.864. The molecule has 0 saturated heterocycles. The topological polar surface area (TPSA) is 66.4 Å². The van der Waals surface area contributed by atoms with E-state index in [1.807, 2.05) is 0 Å². The summed E-state index contributed by atoms with van der Waals surface area (Å²) >= 11 is 3.26. The third-order valence-electron chi connectivity index (χ3n) is 2.88. The highest BCUT2D eigenvalue weighted by Gasteiger charge is 2.18. The first kappa shape index (κ1) is 15.9. The number of aliphatic hydroxyl groups excluding tert-OH is 1. The molecule has 0 fully saturated rings. The van der Waals surface area contributed by atoms with Crippen molar-refractivity contribution in [3.05, 3.63) is 57.8 Å². The summed E-state index contributed by atoms with van der Waals surface area (Å²) in [5.41, 5.74) is 0.509. The van der Waals surface area contributed by atoms with E-state index in [0.29, 0.717) is 5.69 Å². The van der Waals surface area contributed by atoms with Gasteiger partial charge in [0.25, 0.3) is 10.0 Å². The van der Waals surface area contributed by atoms with Gasteiger partial charge in [-0.15, -0.1) is 0 Å². The number of aryl methyl sites for hydroxylation is 1. The van der Waals surface area contributed by atoms with Gasteiger partial charge in [-0.3, -0.25) is 4.72 Å². The SMILES string of the molecule is Cc1cc(S(=O)(=O)Nc2ccc(Br)cc2)cc(CO)c1F. The molecule has 0 heterocycles. The molecule has 0 aliphatic rings. The summed E-state index contributed by atoms with van der Waals surface area (Å²) in [6.45, 7) is 0.890. The van der Waals surface area contributed by atoms with Crippen LogP contribution in [-0.4, -0.2) is 13.5 Å². The molecule has 2 rings (SSSR count).